The molecular formula is C112H64N8OS. The summed E-state index contributed by atoms with van der Waals surface area (Å²) in [5, 5.41) is 22.3. The standard InChI is InChI=1S/C56H32N4O.C56H32N4S/c2*1-2-12-33(13-3-1)34-22-24-35(25-23-34)51-55-52(42-18-8-11-21-49(42)61-55)58-56(57-51)36-26-28-39(29-27-36)59-46-19-9-6-16-40(46)44-32-45-43-30-37-14-4-5-15-38(37)31-48(43)60-47-20-10-7-17-41(47)50(53(44)59)54(45)60/h2*1-32H. The number of hydrogen-bond donors (Lipinski definition) is 0. The van der Waals surface area contributed by atoms with E-state index in [4.69, 9.17) is 24.4 Å². The van der Waals surface area contributed by atoms with Gasteiger partial charge in [0.15, 0.2) is 17.2 Å². The summed E-state index contributed by atoms with van der Waals surface area (Å²) in [6.45, 7) is 0. The van der Waals surface area contributed by atoms with Crippen molar-refractivity contribution in [3.05, 3.63) is 388 Å². The maximum Gasteiger partial charge on any atom is 0.180 e. The first-order valence-corrected chi connectivity index (χ1v) is 42.3. The minimum absolute atomic E-state index is 0.654. The number of fused-ring (bicyclic) bond motifs is 28. The van der Waals surface area contributed by atoms with Gasteiger partial charge >= 0.3 is 0 Å². The van der Waals surface area contributed by atoms with Gasteiger partial charge in [-0.05, 0) is 171 Å². The topological polar surface area (TPSA) is 83.4 Å². The molecule has 0 spiro atoms. The van der Waals surface area contributed by atoms with Crippen molar-refractivity contribution in [3.63, 3.8) is 0 Å². The monoisotopic (exact) mass is 1570 g/mol. The van der Waals surface area contributed by atoms with Crippen LogP contribution in [0.1, 0.15) is 0 Å². The van der Waals surface area contributed by atoms with Gasteiger partial charge in [-0.3, -0.25) is 0 Å². The molecule has 0 fully saturated rings. The number of furan rings is 1. The van der Waals surface area contributed by atoms with Crippen LogP contribution < -0.4 is 0 Å². The Hall–Kier alpha value is -16.1. The molecule has 10 heterocycles. The zero-order chi connectivity index (χ0) is 79.5. The molecule has 28 rings (SSSR count). The molecule has 0 aliphatic heterocycles. The first kappa shape index (κ1) is 66.9. The minimum atomic E-state index is 0.654. The van der Waals surface area contributed by atoms with E-state index in [0.717, 1.165) is 88.5 Å². The summed E-state index contributed by atoms with van der Waals surface area (Å²) in [4.78, 5) is 21.1. The van der Waals surface area contributed by atoms with E-state index in [0.29, 0.717) is 11.4 Å². The molecule has 10 heteroatoms. The van der Waals surface area contributed by atoms with Gasteiger partial charge in [0.1, 0.15) is 16.8 Å². The van der Waals surface area contributed by atoms with Gasteiger partial charge in [0, 0.05) is 114 Å². The summed E-state index contributed by atoms with van der Waals surface area (Å²) in [7, 11) is 0. The Morgan fingerprint density at radius 3 is 1.11 bits per heavy atom. The van der Waals surface area contributed by atoms with Gasteiger partial charge in [-0.25, -0.2) is 19.9 Å². The van der Waals surface area contributed by atoms with Crippen molar-refractivity contribution in [2.75, 3.05) is 0 Å². The first-order valence-electron chi connectivity index (χ1n) is 41.5. The molecule has 0 unspecified atom stereocenters. The Labute approximate surface area is 699 Å². The smallest absolute Gasteiger partial charge is 0.180 e. The molecule has 18 aromatic carbocycles. The highest BCUT2D eigenvalue weighted by Gasteiger charge is 2.29. The van der Waals surface area contributed by atoms with Gasteiger partial charge in [0.2, 0.25) is 0 Å². The van der Waals surface area contributed by atoms with E-state index in [1.807, 2.05) is 24.3 Å². The number of benzene rings is 18. The van der Waals surface area contributed by atoms with Gasteiger partial charge < -0.3 is 22.4 Å². The average Bonchev–Trinajstić information content (AvgIpc) is 1.52. The lowest BCUT2D eigenvalue weighted by Gasteiger charge is -2.11. The lowest BCUT2D eigenvalue weighted by molar-refractivity contribution is 0.667. The van der Waals surface area contributed by atoms with Crippen LogP contribution in [0.2, 0.25) is 0 Å². The third-order valence-corrected chi connectivity index (χ3v) is 26.8. The summed E-state index contributed by atoms with van der Waals surface area (Å²) in [6.07, 6.45) is 0. The van der Waals surface area contributed by atoms with E-state index in [1.54, 1.807) is 11.3 Å². The second-order valence-corrected chi connectivity index (χ2v) is 33.3. The highest BCUT2D eigenvalue weighted by atomic mass is 32.1. The molecule has 122 heavy (non-hydrogen) atoms. The van der Waals surface area contributed by atoms with Crippen LogP contribution in [0, 0.1) is 0 Å². The third kappa shape index (κ3) is 9.74. The zero-order valence-electron chi connectivity index (χ0n) is 65.3. The summed E-state index contributed by atoms with van der Waals surface area (Å²) in [5.41, 5.74) is 28.1. The molecule has 0 aliphatic rings. The van der Waals surface area contributed by atoms with Crippen molar-refractivity contribution >= 4 is 195 Å². The van der Waals surface area contributed by atoms with E-state index >= 15 is 0 Å². The number of aromatic nitrogens is 8. The number of thiophene rings is 1. The fraction of sp³-hybridized carbons (Fsp3) is 0. The summed E-state index contributed by atoms with van der Waals surface area (Å²) in [5.74, 6) is 1.37. The zero-order valence-corrected chi connectivity index (χ0v) is 66.2. The van der Waals surface area contributed by atoms with E-state index in [-0.39, 0.29) is 0 Å². The second kappa shape index (κ2) is 25.7. The molecule has 28 aromatic rings. The Kier molecular flexibility index (Phi) is 14.1. The molecule has 0 radical (unpaired) electrons. The van der Waals surface area contributed by atoms with Crippen molar-refractivity contribution in [2.45, 2.75) is 0 Å². The summed E-state index contributed by atoms with van der Waals surface area (Å²) >= 11 is 1.77. The average molecular weight is 1570 g/mol. The molecule has 0 aliphatic carbocycles. The lowest BCUT2D eigenvalue weighted by atomic mass is 10.0. The van der Waals surface area contributed by atoms with Gasteiger partial charge in [-0.1, -0.05) is 261 Å². The van der Waals surface area contributed by atoms with E-state index in [2.05, 4.69) is 382 Å². The van der Waals surface area contributed by atoms with Crippen LogP contribution in [0.4, 0.5) is 0 Å². The maximum atomic E-state index is 6.48. The van der Waals surface area contributed by atoms with Crippen molar-refractivity contribution in [2.24, 2.45) is 0 Å². The SMILES string of the molecule is c1ccc(-c2ccc(-c3nc(-c4ccc(-n5c6ccccc6c6cc7c8cc9ccccc9cc8n8c9ccccc9c(c65)c78)cc4)nc4c3oc3ccccc34)cc2)cc1.c1ccc(-c2ccc(-c3nc(-c4ccc(-n5c6ccccc6c6cc7c8cc9ccccc9cc8n8c9ccccc9c(c65)c78)cc4)nc4c3sc3ccccc34)cc2)cc1. The number of rotatable bonds is 8. The fourth-order valence-electron chi connectivity index (χ4n) is 20.2. The van der Waals surface area contributed by atoms with Crippen LogP contribution in [0.25, 0.3) is 263 Å². The normalized spacial score (nSPS) is 12.3. The van der Waals surface area contributed by atoms with E-state index in [9.17, 15) is 0 Å². The van der Waals surface area contributed by atoms with Crippen molar-refractivity contribution < 1.29 is 4.42 Å². The van der Waals surface area contributed by atoms with E-state index < -0.39 is 0 Å². The quantitative estimate of drug-likeness (QED) is 0.151. The summed E-state index contributed by atoms with van der Waals surface area (Å²) < 4.78 is 18.7. The second-order valence-electron chi connectivity index (χ2n) is 32.3. The fourth-order valence-corrected chi connectivity index (χ4v) is 21.3. The largest absolute Gasteiger partial charge is 0.452 e. The number of hydrogen-bond acceptors (Lipinski definition) is 6. The Bertz CT molecular complexity index is 8700. The molecule has 9 nitrogen and oxygen atoms in total. The Morgan fingerprint density at radius 2 is 0.598 bits per heavy atom. The predicted molar refractivity (Wildman–Crippen MR) is 510 cm³/mol. The third-order valence-electron chi connectivity index (χ3n) is 25.7. The van der Waals surface area contributed by atoms with E-state index in [1.165, 1.54) is 163 Å². The molecule has 0 saturated heterocycles. The Balaban J connectivity index is 0.000000128. The molecule has 0 atom stereocenters. The van der Waals surface area contributed by atoms with Crippen LogP contribution >= 0.6 is 11.3 Å². The van der Waals surface area contributed by atoms with Crippen molar-refractivity contribution in [1.29, 1.82) is 0 Å². The minimum Gasteiger partial charge on any atom is -0.452 e. The molecule has 0 bridgehead atoms. The highest BCUT2D eigenvalue weighted by molar-refractivity contribution is 7.26. The van der Waals surface area contributed by atoms with Crippen molar-refractivity contribution in [3.8, 4) is 78.9 Å². The number of nitrogens with zero attached hydrogens (tertiary/aromatic N) is 8. The molecule has 0 saturated carbocycles. The molecule has 564 valence electrons. The Morgan fingerprint density at radius 1 is 0.230 bits per heavy atom. The maximum absolute atomic E-state index is 6.48. The lowest BCUT2D eigenvalue weighted by Crippen LogP contribution is -1.96. The van der Waals surface area contributed by atoms with Gasteiger partial charge in [-0.15, -0.1) is 11.3 Å². The molecule has 0 amide bonds. The van der Waals surface area contributed by atoms with Gasteiger partial charge in [0.05, 0.1) is 71.1 Å². The van der Waals surface area contributed by atoms with Crippen LogP contribution in [0.5, 0.6) is 0 Å². The predicted octanol–water partition coefficient (Wildman–Crippen LogP) is 30.0. The first-order chi connectivity index (χ1) is 60.5. The molecule has 10 aromatic heterocycles. The molecular weight excluding hydrogens is 1510 g/mol. The van der Waals surface area contributed by atoms with Crippen LogP contribution in [0.3, 0.4) is 0 Å². The van der Waals surface area contributed by atoms with Crippen molar-refractivity contribution in [1.82, 2.24) is 37.9 Å². The summed E-state index contributed by atoms with van der Waals surface area (Å²) in [6, 6.07) is 140. The number of para-hydroxylation sites is 5. The van der Waals surface area contributed by atoms with Gasteiger partial charge in [-0.2, -0.15) is 0 Å². The van der Waals surface area contributed by atoms with Crippen LogP contribution in [-0.2, 0) is 0 Å². The molecule has 0 N–H and O–H groups in total. The van der Waals surface area contributed by atoms with Crippen LogP contribution in [0.15, 0.2) is 393 Å². The van der Waals surface area contributed by atoms with Crippen LogP contribution in [-0.4, -0.2) is 37.9 Å². The van der Waals surface area contributed by atoms with Gasteiger partial charge in [0.25, 0.3) is 0 Å². The highest BCUT2D eigenvalue weighted by Crippen LogP contribution is 2.51.